The molecule has 1 N–H and O–H groups in total. The predicted octanol–water partition coefficient (Wildman–Crippen LogP) is 6.03. The van der Waals surface area contributed by atoms with Gasteiger partial charge in [-0.1, -0.05) is 105 Å². The molecule has 0 radical (unpaired) electrons. The molecular weight excluding hydrogens is 885 g/mol. The van der Waals surface area contributed by atoms with Crippen LogP contribution in [-0.2, 0) is 65.4 Å². The Labute approximate surface area is 409 Å². The molecule has 1 saturated heterocycles. The molecule has 1 aliphatic rings. The van der Waals surface area contributed by atoms with Crippen LogP contribution < -0.4 is 0 Å². The van der Waals surface area contributed by atoms with Gasteiger partial charge in [-0.2, -0.15) is 0 Å². The van der Waals surface area contributed by atoms with Gasteiger partial charge in [-0.25, -0.2) is 14.4 Å². The number of carbonyl (C=O) groups is 8. The summed E-state index contributed by atoms with van der Waals surface area (Å²) in [6.45, 7) is 17.8. The van der Waals surface area contributed by atoms with Crippen LogP contribution in [0, 0.1) is 29.6 Å². The second kappa shape index (κ2) is 26.3. The van der Waals surface area contributed by atoms with E-state index in [0.29, 0.717) is 11.1 Å². The molecule has 2 aromatic carbocycles. The number of esters is 3. The molecule has 0 bridgehead atoms. The number of aromatic hydroxyl groups is 1. The molecule has 0 aliphatic carbocycles. The van der Waals surface area contributed by atoms with Crippen molar-refractivity contribution >= 4 is 47.3 Å². The molecule has 4 amide bonds. The number of ether oxygens (including phenoxy) is 3. The van der Waals surface area contributed by atoms with Crippen LogP contribution in [0.5, 0.6) is 5.75 Å². The SMILES string of the molecule is CC(C)CC1C(=O)OC(Cc2ccc(O)cc2)C(=O)N(C)C(CC(C)C)C(=O)OC(C)C(=O)N(C)C(CC(C)C)C(=O)OC(Cc2ccccc2)C(=O)N(C)C(CC(C)C)C(=O)CC(C)C(=O)N1C. The number of ketones is 1. The number of amides is 4. The lowest BCUT2D eigenvalue weighted by Crippen LogP contribution is -2.54. The van der Waals surface area contributed by atoms with E-state index >= 15 is 0 Å². The van der Waals surface area contributed by atoms with Gasteiger partial charge >= 0.3 is 17.9 Å². The van der Waals surface area contributed by atoms with Crippen molar-refractivity contribution < 1.29 is 57.7 Å². The Morgan fingerprint density at radius 2 is 0.826 bits per heavy atom. The first kappa shape index (κ1) is 57.5. The highest BCUT2D eigenvalue weighted by atomic mass is 16.6. The fourth-order valence-electron chi connectivity index (χ4n) is 8.53. The molecule has 1 fully saturated rings. The molecule has 0 aromatic heterocycles. The van der Waals surface area contributed by atoms with Gasteiger partial charge in [-0.05, 0) is 79.5 Å². The molecule has 8 atom stereocenters. The third-order valence-electron chi connectivity index (χ3n) is 12.5. The number of phenols is 1. The minimum absolute atomic E-state index is 0.0276. The Balaban J connectivity index is 2.25. The first-order valence-corrected chi connectivity index (χ1v) is 24.3. The van der Waals surface area contributed by atoms with Gasteiger partial charge in [-0.15, -0.1) is 0 Å². The number of hydrogen-bond acceptors (Lipinski definition) is 12. The van der Waals surface area contributed by atoms with Gasteiger partial charge in [0, 0.05) is 53.4 Å². The third kappa shape index (κ3) is 16.7. The molecule has 0 saturated carbocycles. The highest BCUT2D eigenvalue weighted by Gasteiger charge is 2.42. The molecule has 2 aromatic rings. The van der Waals surface area contributed by atoms with E-state index in [1.165, 1.54) is 57.0 Å². The van der Waals surface area contributed by atoms with Crippen molar-refractivity contribution in [1.29, 1.82) is 0 Å². The van der Waals surface area contributed by atoms with Gasteiger partial charge < -0.3 is 38.9 Å². The number of Topliss-reactive ketones (excluding diaryl/α,β-unsaturated/α-hetero) is 1. The normalized spacial score (nSPS) is 25.1. The molecular formula is C53H78N4O12. The van der Waals surface area contributed by atoms with Crippen molar-refractivity contribution in [3.8, 4) is 5.75 Å². The van der Waals surface area contributed by atoms with Crippen LogP contribution in [0.25, 0.3) is 0 Å². The summed E-state index contributed by atoms with van der Waals surface area (Å²) in [6.07, 6.45) is -4.37. The second-order valence-electron chi connectivity index (χ2n) is 20.4. The molecule has 16 heteroatoms. The standard InChI is InChI=1S/C53H78N4O12/c1-31(2)24-40-44(59)28-35(9)47(60)55(12)42(26-33(5)6)52(65)69-46(30-38-20-22-39(58)23-21-38)50(63)57(14)41(25-32(3)4)51(64)67-36(10)48(61)56(13)43(27-34(7)8)53(66)68-45(49(62)54(40)11)29-37-18-16-15-17-19-37/h15-23,31-36,40-43,45-46,58H,24-30H2,1-14H3. The van der Waals surface area contributed by atoms with E-state index in [9.17, 15) is 43.5 Å². The van der Waals surface area contributed by atoms with E-state index in [2.05, 4.69) is 0 Å². The smallest absolute Gasteiger partial charge is 0.329 e. The minimum Gasteiger partial charge on any atom is -0.508 e. The fourth-order valence-corrected chi connectivity index (χ4v) is 8.53. The summed E-state index contributed by atoms with van der Waals surface area (Å²) in [7, 11) is 5.67. The molecule has 382 valence electrons. The van der Waals surface area contributed by atoms with Gasteiger partial charge in [0.2, 0.25) is 5.91 Å². The maximum atomic E-state index is 14.7. The number of nitrogens with zero attached hydrogens (tertiary/aromatic N) is 4. The van der Waals surface area contributed by atoms with Gasteiger partial charge in [-0.3, -0.25) is 24.0 Å². The fraction of sp³-hybridized carbons (Fsp3) is 0.623. The first-order chi connectivity index (χ1) is 32.2. The van der Waals surface area contributed by atoms with Crippen molar-refractivity contribution in [1.82, 2.24) is 19.6 Å². The van der Waals surface area contributed by atoms with Crippen molar-refractivity contribution in [3.05, 3.63) is 65.7 Å². The molecule has 69 heavy (non-hydrogen) atoms. The summed E-state index contributed by atoms with van der Waals surface area (Å²) < 4.78 is 18.0. The van der Waals surface area contributed by atoms with Crippen LogP contribution in [0.4, 0.5) is 0 Å². The second-order valence-corrected chi connectivity index (χ2v) is 20.4. The van der Waals surface area contributed by atoms with Crippen LogP contribution in [0.3, 0.4) is 0 Å². The summed E-state index contributed by atoms with van der Waals surface area (Å²) in [5.74, 6) is -7.35. The summed E-state index contributed by atoms with van der Waals surface area (Å²) >= 11 is 0. The lowest BCUT2D eigenvalue weighted by atomic mass is 9.91. The summed E-state index contributed by atoms with van der Waals surface area (Å²) in [4.78, 5) is 120. The Bertz CT molecular complexity index is 2060. The van der Waals surface area contributed by atoms with E-state index in [1.807, 2.05) is 55.4 Å². The van der Waals surface area contributed by atoms with Crippen LogP contribution in [-0.4, -0.2) is 143 Å². The largest absolute Gasteiger partial charge is 0.508 e. The zero-order valence-corrected chi connectivity index (χ0v) is 43.3. The molecule has 1 aliphatic heterocycles. The zero-order chi connectivity index (χ0) is 52.0. The molecule has 3 rings (SSSR count). The summed E-state index contributed by atoms with van der Waals surface area (Å²) in [5.41, 5.74) is 1.19. The van der Waals surface area contributed by atoms with E-state index in [1.54, 1.807) is 49.4 Å². The number of benzene rings is 2. The van der Waals surface area contributed by atoms with Crippen molar-refractivity contribution in [2.24, 2.45) is 29.6 Å². The highest BCUT2D eigenvalue weighted by Crippen LogP contribution is 2.25. The Morgan fingerprint density at radius 3 is 1.25 bits per heavy atom. The minimum atomic E-state index is -1.53. The van der Waals surface area contributed by atoms with Crippen LogP contribution in [0.15, 0.2) is 54.6 Å². The maximum absolute atomic E-state index is 14.7. The average molecular weight is 963 g/mol. The average Bonchev–Trinajstić information content (AvgIpc) is 3.28. The molecule has 16 nitrogen and oxygen atoms in total. The quantitative estimate of drug-likeness (QED) is 0.192. The van der Waals surface area contributed by atoms with E-state index in [0.717, 1.165) is 9.80 Å². The highest BCUT2D eigenvalue weighted by molar-refractivity contribution is 5.96. The molecule has 1 heterocycles. The number of rotatable bonds is 12. The van der Waals surface area contributed by atoms with Gasteiger partial charge in [0.05, 0.1) is 6.04 Å². The first-order valence-electron chi connectivity index (χ1n) is 24.3. The lowest BCUT2D eigenvalue weighted by molar-refractivity contribution is -0.174. The number of phenolic OH excluding ortho intramolecular Hbond substituents is 1. The number of cyclic esters (lactones) is 3. The van der Waals surface area contributed by atoms with E-state index in [4.69, 9.17) is 14.2 Å². The van der Waals surface area contributed by atoms with Crippen LogP contribution in [0.2, 0.25) is 0 Å². The molecule has 8 unspecified atom stereocenters. The van der Waals surface area contributed by atoms with E-state index in [-0.39, 0.29) is 74.4 Å². The third-order valence-corrected chi connectivity index (χ3v) is 12.5. The van der Waals surface area contributed by atoms with Crippen molar-refractivity contribution in [3.63, 3.8) is 0 Å². The Kier molecular flexibility index (Phi) is 21.9. The Hall–Kier alpha value is -5.80. The maximum Gasteiger partial charge on any atom is 0.329 e. The van der Waals surface area contributed by atoms with Crippen molar-refractivity contribution in [2.75, 3.05) is 28.2 Å². The van der Waals surface area contributed by atoms with Crippen molar-refractivity contribution in [2.45, 2.75) is 157 Å². The molecule has 0 spiro atoms. The van der Waals surface area contributed by atoms with Gasteiger partial charge in [0.25, 0.3) is 17.7 Å². The van der Waals surface area contributed by atoms with Crippen LogP contribution in [0.1, 0.15) is 112 Å². The lowest BCUT2D eigenvalue weighted by Gasteiger charge is -2.35. The monoisotopic (exact) mass is 963 g/mol. The summed E-state index contributed by atoms with van der Waals surface area (Å²) in [5, 5.41) is 10.0. The zero-order valence-electron chi connectivity index (χ0n) is 43.3. The topological polar surface area (TPSA) is 197 Å². The Morgan fingerprint density at radius 1 is 0.478 bits per heavy atom. The van der Waals surface area contributed by atoms with Gasteiger partial charge in [0.1, 0.15) is 23.9 Å². The van der Waals surface area contributed by atoms with Gasteiger partial charge in [0.15, 0.2) is 24.1 Å². The van der Waals surface area contributed by atoms with E-state index < -0.39 is 95.7 Å². The number of hydrogen-bond donors (Lipinski definition) is 1. The van der Waals surface area contributed by atoms with Crippen LogP contribution >= 0.6 is 0 Å². The number of likely N-dealkylation sites (N-methyl/N-ethyl adjacent to an activating group) is 4. The number of carbonyl (C=O) groups excluding carboxylic acids is 8. The summed E-state index contributed by atoms with van der Waals surface area (Å²) in [6, 6.07) is 10.2. The predicted molar refractivity (Wildman–Crippen MR) is 260 cm³/mol.